The van der Waals surface area contributed by atoms with Crippen LogP contribution in [-0.4, -0.2) is 39.6 Å². The van der Waals surface area contributed by atoms with Gasteiger partial charge in [0.05, 0.1) is 5.56 Å². The second-order valence-corrected chi connectivity index (χ2v) is 8.39. The van der Waals surface area contributed by atoms with Gasteiger partial charge in [-0.3, -0.25) is 4.79 Å². The van der Waals surface area contributed by atoms with E-state index in [0.29, 0.717) is 6.54 Å². The number of ether oxygens (including phenoxy) is 1. The van der Waals surface area contributed by atoms with Gasteiger partial charge in [-0.2, -0.15) is 0 Å². The molecule has 0 saturated heterocycles. The molecule has 156 valence electrons. The summed E-state index contributed by atoms with van der Waals surface area (Å²) in [5, 5.41) is 5.28. The fourth-order valence-electron chi connectivity index (χ4n) is 3.75. The maximum atomic E-state index is 13.3. The average molecular weight is 422 g/mol. The largest absolute Gasteiger partial charge is 0.485 e. The highest BCUT2D eigenvalue weighted by Crippen LogP contribution is 2.32. The molecule has 1 aliphatic heterocycles. The third-order valence-corrected chi connectivity index (χ3v) is 6.34. The predicted molar refractivity (Wildman–Crippen MR) is 124 cm³/mol. The Morgan fingerprint density at radius 1 is 1.10 bits per heavy atom. The average Bonchev–Trinajstić information content (AvgIpc) is 3.27. The zero-order valence-corrected chi connectivity index (χ0v) is 18.2. The molecule has 4 rings (SSSR count). The molecule has 1 aliphatic rings. The minimum atomic E-state index is -0.0144. The summed E-state index contributed by atoms with van der Waals surface area (Å²) in [5.74, 6) is 0.803. The summed E-state index contributed by atoms with van der Waals surface area (Å²) in [4.78, 5) is 18.5. The van der Waals surface area contributed by atoms with Gasteiger partial charge >= 0.3 is 0 Å². The molecule has 0 radical (unpaired) electrons. The highest BCUT2D eigenvalue weighted by molar-refractivity contribution is 7.10. The van der Waals surface area contributed by atoms with E-state index in [1.54, 1.807) is 11.3 Å². The Labute approximate surface area is 181 Å². The van der Waals surface area contributed by atoms with Crippen LogP contribution in [0.5, 0.6) is 5.75 Å². The standard InChI is InChI=1S/C24H27N3O2S/c1-25-13-12-22(23-11-6-16-30-23)29-19-8-5-7-18(17-19)27-15-14-26(2)21-10-4-3-9-20(21)24(27)28/h3-11,16-17,22,25H,12-15H2,1-2H3. The lowest BCUT2D eigenvalue weighted by Gasteiger charge is -2.23. The van der Waals surface area contributed by atoms with Gasteiger partial charge in [0.25, 0.3) is 5.91 Å². The zero-order valence-electron chi connectivity index (χ0n) is 17.4. The molecule has 0 bridgehead atoms. The van der Waals surface area contributed by atoms with Crippen LogP contribution in [0.15, 0.2) is 66.0 Å². The summed E-state index contributed by atoms with van der Waals surface area (Å²) in [5.41, 5.74) is 2.57. The number of thiophene rings is 1. The van der Waals surface area contributed by atoms with E-state index in [0.717, 1.165) is 42.2 Å². The van der Waals surface area contributed by atoms with Crippen LogP contribution in [0.2, 0.25) is 0 Å². The molecule has 3 aromatic rings. The number of hydrogen-bond donors (Lipinski definition) is 1. The van der Waals surface area contributed by atoms with E-state index in [4.69, 9.17) is 4.74 Å². The number of fused-ring (bicyclic) bond motifs is 1. The fourth-order valence-corrected chi connectivity index (χ4v) is 4.54. The quantitative estimate of drug-likeness (QED) is 0.607. The molecule has 1 aromatic heterocycles. The van der Waals surface area contributed by atoms with Crippen molar-refractivity contribution in [3.63, 3.8) is 0 Å². The first-order valence-electron chi connectivity index (χ1n) is 10.2. The van der Waals surface area contributed by atoms with E-state index in [1.807, 2.05) is 67.5 Å². The number of benzene rings is 2. The van der Waals surface area contributed by atoms with Gasteiger partial charge in [-0.15, -0.1) is 11.3 Å². The summed E-state index contributed by atoms with van der Waals surface area (Å²) >= 11 is 1.71. The lowest BCUT2D eigenvalue weighted by molar-refractivity contribution is 0.0990. The summed E-state index contributed by atoms with van der Waals surface area (Å²) in [7, 11) is 3.98. The van der Waals surface area contributed by atoms with Crippen LogP contribution in [0.3, 0.4) is 0 Å². The van der Waals surface area contributed by atoms with Crippen molar-refractivity contribution in [3.8, 4) is 5.75 Å². The molecule has 6 heteroatoms. The molecule has 2 aromatic carbocycles. The first-order valence-corrected chi connectivity index (χ1v) is 11.1. The minimum absolute atomic E-state index is 0.0144. The number of anilines is 2. The molecule has 30 heavy (non-hydrogen) atoms. The fraction of sp³-hybridized carbons (Fsp3) is 0.292. The van der Waals surface area contributed by atoms with E-state index in [2.05, 4.69) is 27.7 Å². The van der Waals surface area contributed by atoms with Gasteiger partial charge in [0.2, 0.25) is 0 Å². The Bertz CT molecular complexity index is 990. The van der Waals surface area contributed by atoms with E-state index in [1.165, 1.54) is 4.88 Å². The molecule has 0 aliphatic carbocycles. The SMILES string of the molecule is CNCCC(Oc1cccc(N2CCN(C)c3ccccc3C2=O)c1)c1cccs1. The van der Waals surface area contributed by atoms with Crippen LogP contribution in [0.4, 0.5) is 11.4 Å². The lowest BCUT2D eigenvalue weighted by Crippen LogP contribution is -2.33. The number of rotatable bonds is 7. The molecular formula is C24H27N3O2S. The van der Waals surface area contributed by atoms with Crippen molar-refractivity contribution >= 4 is 28.6 Å². The van der Waals surface area contributed by atoms with Crippen LogP contribution >= 0.6 is 11.3 Å². The first kappa shape index (κ1) is 20.4. The number of nitrogens with zero attached hydrogens (tertiary/aromatic N) is 2. The van der Waals surface area contributed by atoms with Crippen molar-refractivity contribution in [3.05, 3.63) is 76.5 Å². The molecular weight excluding hydrogens is 394 g/mol. The molecule has 0 saturated carbocycles. The minimum Gasteiger partial charge on any atom is -0.485 e. The Kier molecular flexibility index (Phi) is 6.35. The van der Waals surface area contributed by atoms with E-state index >= 15 is 0 Å². The van der Waals surface area contributed by atoms with Crippen molar-refractivity contribution in [1.29, 1.82) is 0 Å². The molecule has 1 atom stereocenters. The number of nitrogens with one attached hydrogen (secondary N) is 1. The molecule has 1 amide bonds. The van der Waals surface area contributed by atoms with Gasteiger partial charge in [-0.05, 0) is 49.3 Å². The Hall–Kier alpha value is -2.83. The normalized spacial score (nSPS) is 14.9. The number of likely N-dealkylation sites (N-methyl/N-ethyl adjacent to an activating group) is 1. The molecule has 0 spiro atoms. The van der Waals surface area contributed by atoms with Crippen molar-refractivity contribution in [1.82, 2.24) is 5.32 Å². The topological polar surface area (TPSA) is 44.8 Å². The number of carbonyl (C=O) groups is 1. The van der Waals surface area contributed by atoms with Gasteiger partial charge in [-0.1, -0.05) is 24.3 Å². The summed E-state index contributed by atoms with van der Waals surface area (Å²) in [6, 6.07) is 19.8. The summed E-state index contributed by atoms with van der Waals surface area (Å²) in [6.45, 7) is 2.27. The first-order chi connectivity index (χ1) is 14.7. The Balaban J connectivity index is 1.59. The maximum Gasteiger partial charge on any atom is 0.260 e. The van der Waals surface area contributed by atoms with Crippen molar-refractivity contribution in [2.24, 2.45) is 0 Å². The van der Waals surface area contributed by atoms with E-state index in [-0.39, 0.29) is 12.0 Å². The number of carbonyl (C=O) groups excluding carboxylic acids is 1. The van der Waals surface area contributed by atoms with Gasteiger partial charge in [0, 0.05) is 48.9 Å². The third kappa shape index (κ3) is 4.35. The Morgan fingerprint density at radius 2 is 1.97 bits per heavy atom. The van der Waals surface area contributed by atoms with Gasteiger partial charge in [0.1, 0.15) is 11.9 Å². The van der Waals surface area contributed by atoms with Crippen molar-refractivity contribution < 1.29 is 9.53 Å². The van der Waals surface area contributed by atoms with E-state index < -0.39 is 0 Å². The summed E-state index contributed by atoms with van der Waals surface area (Å²) in [6.07, 6.45) is 0.863. The summed E-state index contributed by atoms with van der Waals surface area (Å²) < 4.78 is 6.37. The van der Waals surface area contributed by atoms with Crippen LogP contribution in [0, 0.1) is 0 Å². The number of para-hydroxylation sites is 1. The molecule has 1 N–H and O–H groups in total. The van der Waals surface area contributed by atoms with E-state index in [9.17, 15) is 4.79 Å². The van der Waals surface area contributed by atoms with Crippen LogP contribution < -0.4 is 19.9 Å². The van der Waals surface area contributed by atoms with Gasteiger partial charge in [-0.25, -0.2) is 0 Å². The highest BCUT2D eigenvalue weighted by atomic mass is 32.1. The van der Waals surface area contributed by atoms with Crippen LogP contribution in [-0.2, 0) is 0 Å². The third-order valence-electron chi connectivity index (χ3n) is 5.37. The Morgan fingerprint density at radius 3 is 2.77 bits per heavy atom. The second kappa shape index (κ2) is 9.32. The van der Waals surface area contributed by atoms with Crippen molar-refractivity contribution in [2.45, 2.75) is 12.5 Å². The number of hydrogen-bond acceptors (Lipinski definition) is 5. The predicted octanol–water partition coefficient (Wildman–Crippen LogP) is 4.57. The van der Waals surface area contributed by atoms with Crippen molar-refractivity contribution in [2.75, 3.05) is 43.5 Å². The maximum absolute atomic E-state index is 13.3. The lowest BCUT2D eigenvalue weighted by atomic mass is 10.1. The molecule has 2 heterocycles. The highest BCUT2D eigenvalue weighted by Gasteiger charge is 2.26. The van der Waals surface area contributed by atoms with Crippen LogP contribution in [0.1, 0.15) is 27.8 Å². The molecule has 0 fully saturated rings. The zero-order chi connectivity index (χ0) is 20.9. The van der Waals surface area contributed by atoms with Crippen LogP contribution in [0.25, 0.3) is 0 Å². The molecule has 5 nitrogen and oxygen atoms in total. The van der Waals surface area contributed by atoms with Gasteiger partial charge < -0.3 is 19.9 Å². The smallest absolute Gasteiger partial charge is 0.260 e. The van der Waals surface area contributed by atoms with Gasteiger partial charge in [0.15, 0.2) is 0 Å². The monoisotopic (exact) mass is 421 g/mol. The molecule has 1 unspecified atom stereocenters. The number of amides is 1. The second-order valence-electron chi connectivity index (χ2n) is 7.41.